The summed E-state index contributed by atoms with van der Waals surface area (Å²) in [5, 5.41) is 0. The number of nitrogens with zero attached hydrogens (tertiary/aromatic N) is 1. The predicted molar refractivity (Wildman–Crippen MR) is 68.2 cm³/mol. The average molecular weight is 241 g/mol. The van der Waals surface area contributed by atoms with Gasteiger partial charge in [-0.25, -0.2) is 0 Å². The first-order valence-electron chi connectivity index (χ1n) is 6.25. The number of carbonyl (C=O) groups excluding carboxylic acids is 1. The Bertz CT molecular complexity index is 519. The lowest BCUT2D eigenvalue weighted by molar-refractivity contribution is 0.0720. The van der Waals surface area contributed by atoms with Crippen molar-refractivity contribution in [2.75, 3.05) is 6.54 Å². The lowest BCUT2D eigenvalue weighted by Crippen LogP contribution is -2.30. The number of rotatable bonds is 2. The fraction of sp³-hybridized carbons (Fsp3) is 0.267. The molecule has 0 radical (unpaired) electrons. The summed E-state index contributed by atoms with van der Waals surface area (Å²) in [6.07, 6.45) is 3.68. The Balaban J connectivity index is 1.85. The number of amides is 1. The SMILES string of the molecule is O=C(c1ccccc1)N1CCC[C@H]1c1ccco1. The standard InChI is InChI=1S/C15H15NO2/c17-15(12-6-2-1-3-7-12)16-10-4-8-13(16)14-9-5-11-18-14/h1-3,5-7,9,11,13H,4,8,10H2/t13-/m0/s1. The van der Waals surface area contributed by atoms with E-state index in [1.807, 2.05) is 47.4 Å². The van der Waals surface area contributed by atoms with Crippen molar-refractivity contribution in [1.29, 1.82) is 0 Å². The van der Waals surface area contributed by atoms with Gasteiger partial charge in [0.1, 0.15) is 5.76 Å². The van der Waals surface area contributed by atoms with Gasteiger partial charge in [0.2, 0.25) is 0 Å². The number of likely N-dealkylation sites (tertiary alicyclic amines) is 1. The van der Waals surface area contributed by atoms with Crippen LogP contribution in [-0.4, -0.2) is 17.4 Å². The zero-order valence-corrected chi connectivity index (χ0v) is 10.1. The molecule has 1 fully saturated rings. The Hall–Kier alpha value is -2.03. The lowest BCUT2D eigenvalue weighted by Gasteiger charge is -2.23. The van der Waals surface area contributed by atoms with E-state index in [0.29, 0.717) is 0 Å². The molecule has 18 heavy (non-hydrogen) atoms. The van der Waals surface area contributed by atoms with E-state index in [-0.39, 0.29) is 11.9 Å². The minimum atomic E-state index is 0.0905. The molecular weight excluding hydrogens is 226 g/mol. The molecule has 92 valence electrons. The molecule has 0 aliphatic carbocycles. The summed E-state index contributed by atoms with van der Waals surface area (Å²) in [6, 6.07) is 13.3. The van der Waals surface area contributed by atoms with Crippen LogP contribution in [0.4, 0.5) is 0 Å². The Morgan fingerprint density at radius 3 is 2.72 bits per heavy atom. The van der Waals surface area contributed by atoms with Crippen LogP contribution in [0.3, 0.4) is 0 Å². The maximum absolute atomic E-state index is 12.4. The molecule has 3 rings (SSSR count). The lowest BCUT2D eigenvalue weighted by atomic mass is 10.1. The molecule has 1 aromatic heterocycles. The van der Waals surface area contributed by atoms with Gasteiger partial charge in [-0.05, 0) is 37.1 Å². The smallest absolute Gasteiger partial charge is 0.254 e. The number of hydrogen-bond donors (Lipinski definition) is 0. The quantitative estimate of drug-likeness (QED) is 0.808. The fourth-order valence-corrected chi connectivity index (χ4v) is 2.53. The second-order valence-corrected chi connectivity index (χ2v) is 4.54. The molecule has 1 saturated heterocycles. The van der Waals surface area contributed by atoms with Crippen molar-refractivity contribution in [2.45, 2.75) is 18.9 Å². The molecule has 1 atom stereocenters. The highest BCUT2D eigenvalue weighted by Gasteiger charge is 2.32. The second kappa shape index (κ2) is 4.69. The zero-order valence-electron chi connectivity index (χ0n) is 10.1. The van der Waals surface area contributed by atoms with Gasteiger partial charge in [0.15, 0.2) is 0 Å². The minimum Gasteiger partial charge on any atom is -0.467 e. The molecule has 2 aromatic rings. The van der Waals surface area contributed by atoms with E-state index in [1.165, 1.54) is 0 Å². The molecule has 0 spiro atoms. The summed E-state index contributed by atoms with van der Waals surface area (Å²) < 4.78 is 5.44. The Kier molecular flexibility index (Phi) is 2.89. The van der Waals surface area contributed by atoms with Gasteiger partial charge in [0, 0.05) is 12.1 Å². The summed E-state index contributed by atoms with van der Waals surface area (Å²) in [4.78, 5) is 14.3. The monoisotopic (exact) mass is 241 g/mol. The maximum atomic E-state index is 12.4. The predicted octanol–water partition coefficient (Wildman–Crippen LogP) is 3.26. The van der Waals surface area contributed by atoms with Crippen molar-refractivity contribution in [1.82, 2.24) is 4.90 Å². The molecule has 3 nitrogen and oxygen atoms in total. The fourth-order valence-electron chi connectivity index (χ4n) is 2.53. The van der Waals surface area contributed by atoms with Crippen LogP contribution in [0.25, 0.3) is 0 Å². The highest BCUT2D eigenvalue weighted by Crippen LogP contribution is 2.33. The van der Waals surface area contributed by atoms with Crippen LogP contribution in [0.2, 0.25) is 0 Å². The second-order valence-electron chi connectivity index (χ2n) is 4.54. The topological polar surface area (TPSA) is 33.5 Å². The summed E-state index contributed by atoms with van der Waals surface area (Å²) in [6.45, 7) is 0.805. The molecule has 1 aromatic carbocycles. The summed E-state index contributed by atoms with van der Waals surface area (Å²) in [5.74, 6) is 0.978. The highest BCUT2D eigenvalue weighted by atomic mass is 16.3. The Morgan fingerprint density at radius 2 is 2.00 bits per heavy atom. The Morgan fingerprint density at radius 1 is 1.17 bits per heavy atom. The third kappa shape index (κ3) is 1.92. The van der Waals surface area contributed by atoms with Crippen LogP contribution >= 0.6 is 0 Å². The van der Waals surface area contributed by atoms with Crippen molar-refractivity contribution in [3.63, 3.8) is 0 Å². The van der Waals surface area contributed by atoms with E-state index in [2.05, 4.69) is 0 Å². The first-order chi connectivity index (χ1) is 8.86. The molecule has 1 aliphatic heterocycles. The van der Waals surface area contributed by atoms with Gasteiger partial charge in [-0.15, -0.1) is 0 Å². The van der Waals surface area contributed by atoms with Gasteiger partial charge in [-0.1, -0.05) is 18.2 Å². The van der Waals surface area contributed by atoms with Crippen molar-refractivity contribution in [3.8, 4) is 0 Å². The van der Waals surface area contributed by atoms with Crippen molar-refractivity contribution in [2.24, 2.45) is 0 Å². The van der Waals surface area contributed by atoms with Gasteiger partial charge in [0.05, 0.1) is 12.3 Å². The van der Waals surface area contributed by atoms with E-state index in [4.69, 9.17) is 4.42 Å². The molecule has 3 heteroatoms. The van der Waals surface area contributed by atoms with Crippen LogP contribution in [0.1, 0.15) is 35.0 Å². The number of benzene rings is 1. The first kappa shape index (κ1) is 11.1. The van der Waals surface area contributed by atoms with Crippen LogP contribution in [0, 0.1) is 0 Å². The highest BCUT2D eigenvalue weighted by molar-refractivity contribution is 5.94. The Labute approximate surface area is 106 Å². The number of hydrogen-bond acceptors (Lipinski definition) is 2. The summed E-state index contributed by atoms with van der Waals surface area (Å²) in [5.41, 5.74) is 0.746. The largest absolute Gasteiger partial charge is 0.467 e. The van der Waals surface area contributed by atoms with Crippen LogP contribution < -0.4 is 0 Å². The minimum absolute atomic E-state index is 0.0905. The molecule has 1 aliphatic rings. The molecule has 0 N–H and O–H groups in total. The van der Waals surface area contributed by atoms with Gasteiger partial charge in [-0.2, -0.15) is 0 Å². The van der Waals surface area contributed by atoms with Gasteiger partial charge in [0.25, 0.3) is 5.91 Å². The van der Waals surface area contributed by atoms with Crippen LogP contribution in [-0.2, 0) is 0 Å². The van der Waals surface area contributed by atoms with Crippen molar-refractivity contribution >= 4 is 5.91 Å². The average Bonchev–Trinajstić information content (AvgIpc) is 3.09. The van der Waals surface area contributed by atoms with Crippen molar-refractivity contribution in [3.05, 3.63) is 60.1 Å². The number of furan rings is 1. The summed E-state index contributed by atoms with van der Waals surface area (Å²) in [7, 11) is 0. The molecule has 0 saturated carbocycles. The van der Waals surface area contributed by atoms with E-state index in [9.17, 15) is 4.79 Å². The van der Waals surface area contributed by atoms with Crippen LogP contribution in [0.5, 0.6) is 0 Å². The maximum Gasteiger partial charge on any atom is 0.254 e. The normalized spacial score (nSPS) is 19.1. The van der Waals surface area contributed by atoms with E-state index in [1.54, 1.807) is 6.26 Å². The van der Waals surface area contributed by atoms with E-state index in [0.717, 1.165) is 30.7 Å². The van der Waals surface area contributed by atoms with Gasteiger partial charge in [-0.3, -0.25) is 4.79 Å². The van der Waals surface area contributed by atoms with E-state index >= 15 is 0 Å². The van der Waals surface area contributed by atoms with E-state index < -0.39 is 0 Å². The third-order valence-corrected chi connectivity index (χ3v) is 3.41. The first-order valence-corrected chi connectivity index (χ1v) is 6.25. The molecule has 2 heterocycles. The molecule has 0 bridgehead atoms. The molecular formula is C15H15NO2. The molecule has 0 unspecified atom stereocenters. The number of carbonyl (C=O) groups is 1. The summed E-state index contributed by atoms with van der Waals surface area (Å²) >= 11 is 0. The van der Waals surface area contributed by atoms with Crippen LogP contribution in [0.15, 0.2) is 53.1 Å². The zero-order chi connectivity index (χ0) is 12.4. The molecule has 1 amide bonds. The van der Waals surface area contributed by atoms with Crippen molar-refractivity contribution < 1.29 is 9.21 Å². The van der Waals surface area contributed by atoms with Gasteiger partial charge < -0.3 is 9.32 Å². The third-order valence-electron chi connectivity index (χ3n) is 3.41. The van der Waals surface area contributed by atoms with Gasteiger partial charge >= 0.3 is 0 Å².